The van der Waals surface area contributed by atoms with Crippen molar-refractivity contribution in [2.45, 2.75) is 46.0 Å². The number of hydrogen-bond donors (Lipinski definition) is 1. The summed E-state index contributed by atoms with van der Waals surface area (Å²) in [6.07, 6.45) is 5.11. The Kier molecular flexibility index (Phi) is 8.83. The van der Waals surface area contributed by atoms with E-state index >= 15 is 0 Å². The van der Waals surface area contributed by atoms with Gasteiger partial charge in [0.05, 0.1) is 6.61 Å². The summed E-state index contributed by atoms with van der Waals surface area (Å²) < 4.78 is 4.91. The Bertz CT molecular complexity index is 126. The second-order valence-corrected chi connectivity index (χ2v) is 3.12. The normalized spacial score (nSPS) is 9.69. The van der Waals surface area contributed by atoms with Gasteiger partial charge in [-0.3, -0.25) is 0 Å². The minimum absolute atomic E-state index is 0.274. The summed E-state index contributed by atoms with van der Waals surface area (Å²) in [6.45, 7) is 5.48. The van der Waals surface area contributed by atoms with Crippen molar-refractivity contribution in [2.75, 3.05) is 13.2 Å². The highest BCUT2D eigenvalue weighted by Crippen LogP contribution is 1.92. The number of alkyl carbamates (subject to hydrolysis) is 1. The molecule has 0 aliphatic rings. The molecule has 0 aromatic carbocycles. The molecule has 0 aromatic heterocycles. The van der Waals surface area contributed by atoms with Crippen LogP contribution in [0, 0.1) is 0 Å². The van der Waals surface area contributed by atoms with Gasteiger partial charge in [0.25, 0.3) is 0 Å². The Balaban J connectivity index is 3.11. The van der Waals surface area contributed by atoms with Gasteiger partial charge in [-0.25, -0.2) is 4.79 Å². The molecule has 0 bridgehead atoms. The average Bonchev–Trinajstić information content (AvgIpc) is 2.13. The van der Waals surface area contributed by atoms with Gasteiger partial charge >= 0.3 is 6.09 Å². The first-order valence-corrected chi connectivity index (χ1v) is 5.21. The van der Waals surface area contributed by atoms with Gasteiger partial charge in [-0.2, -0.15) is 0 Å². The van der Waals surface area contributed by atoms with Crippen molar-refractivity contribution in [2.24, 2.45) is 0 Å². The van der Waals surface area contributed by atoms with Crippen LogP contribution in [0.15, 0.2) is 0 Å². The van der Waals surface area contributed by atoms with Crippen LogP contribution in [-0.4, -0.2) is 19.2 Å². The molecule has 0 spiro atoms. The van der Waals surface area contributed by atoms with E-state index < -0.39 is 0 Å². The van der Waals surface area contributed by atoms with Gasteiger partial charge in [0, 0.05) is 6.54 Å². The number of rotatable bonds is 7. The molecule has 78 valence electrons. The van der Waals surface area contributed by atoms with Crippen molar-refractivity contribution in [3.05, 3.63) is 0 Å². The fourth-order valence-electron chi connectivity index (χ4n) is 0.926. The fourth-order valence-corrected chi connectivity index (χ4v) is 0.926. The molecule has 0 heterocycles. The number of ether oxygens (including phenoxy) is 1. The molecule has 0 saturated carbocycles. The predicted octanol–water partition coefficient (Wildman–Crippen LogP) is 2.70. The van der Waals surface area contributed by atoms with Crippen LogP contribution in [0.5, 0.6) is 0 Å². The number of nitrogens with one attached hydrogen (secondary N) is 1. The molecule has 0 saturated heterocycles. The first kappa shape index (κ1) is 12.3. The molecule has 0 aliphatic heterocycles. The maximum Gasteiger partial charge on any atom is 0.407 e. The second kappa shape index (κ2) is 9.36. The first-order valence-electron chi connectivity index (χ1n) is 5.21. The Hall–Kier alpha value is -0.730. The lowest BCUT2D eigenvalue weighted by molar-refractivity contribution is 0.144. The Morgan fingerprint density at radius 3 is 2.46 bits per heavy atom. The van der Waals surface area contributed by atoms with Gasteiger partial charge in [-0.05, 0) is 12.8 Å². The maximum atomic E-state index is 10.9. The van der Waals surface area contributed by atoms with Crippen LogP contribution in [0.2, 0.25) is 0 Å². The molecule has 13 heavy (non-hydrogen) atoms. The zero-order chi connectivity index (χ0) is 9.94. The highest BCUT2D eigenvalue weighted by Gasteiger charge is 1.98. The molecule has 1 amide bonds. The molecule has 0 fully saturated rings. The standard InChI is InChI=1S/C10H21NO2/c1-3-5-7-8-11-10(12)13-9-6-4-2/h3-9H2,1-2H3,(H,11,12). The van der Waals surface area contributed by atoms with E-state index in [2.05, 4.69) is 19.2 Å². The Labute approximate surface area is 80.8 Å². The van der Waals surface area contributed by atoms with Crippen LogP contribution in [0.25, 0.3) is 0 Å². The third-order valence-electron chi connectivity index (χ3n) is 1.78. The molecule has 3 nitrogen and oxygen atoms in total. The van der Waals surface area contributed by atoms with Gasteiger partial charge in [0.1, 0.15) is 0 Å². The summed E-state index contributed by atoms with van der Waals surface area (Å²) in [5.74, 6) is 0. The lowest BCUT2D eigenvalue weighted by atomic mass is 10.2. The lowest BCUT2D eigenvalue weighted by Gasteiger charge is -2.05. The third kappa shape index (κ3) is 9.18. The van der Waals surface area contributed by atoms with Crippen molar-refractivity contribution in [3.8, 4) is 0 Å². The predicted molar refractivity (Wildman–Crippen MR) is 53.8 cm³/mol. The van der Waals surface area contributed by atoms with Gasteiger partial charge in [0.2, 0.25) is 0 Å². The molecular formula is C10H21NO2. The highest BCUT2D eigenvalue weighted by atomic mass is 16.5. The van der Waals surface area contributed by atoms with E-state index in [1.807, 2.05) is 0 Å². The van der Waals surface area contributed by atoms with Gasteiger partial charge < -0.3 is 10.1 Å². The average molecular weight is 187 g/mol. The molecule has 0 aliphatic carbocycles. The second-order valence-electron chi connectivity index (χ2n) is 3.12. The number of unbranched alkanes of at least 4 members (excludes halogenated alkanes) is 3. The largest absolute Gasteiger partial charge is 0.450 e. The lowest BCUT2D eigenvalue weighted by Crippen LogP contribution is -2.25. The van der Waals surface area contributed by atoms with Gasteiger partial charge in [-0.15, -0.1) is 0 Å². The van der Waals surface area contributed by atoms with Crippen LogP contribution >= 0.6 is 0 Å². The molecule has 0 rings (SSSR count). The molecule has 3 heteroatoms. The van der Waals surface area contributed by atoms with Crippen LogP contribution in [0.4, 0.5) is 4.79 Å². The topological polar surface area (TPSA) is 38.3 Å². The van der Waals surface area contributed by atoms with Crippen LogP contribution in [-0.2, 0) is 4.74 Å². The summed E-state index contributed by atoms with van der Waals surface area (Å²) in [5.41, 5.74) is 0. The summed E-state index contributed by atoms with van der Waals surface area (Å²) in [5, 5.41) is 2.72. The number of carbonyl (C=O) groups excluding carboxylic acids is 1. The van der Waals surface area contributed by atoms with E-state index in [4.69, 9.17) is 4.74 Å². The summed E-state index contributed by atoms with van der Waals surface area (Å²) in [7, 11) is 0. The summed E-state index contributed by atoms with van der Waals surface area (Å²) >= 11 is 0. The molecule has 0 atom stereocenters. The van der Waals surface area contributed by atoms with E-state index in [0.29, 0.717) is 6.61 Å². The van der Waals surface area contributed by atoms with E-state index in [0.717, 1.165) is 32.2 Å². The molecule has 0 radical (unpaired) electrons. The molecule has 0 aromatic rings. The molecular weight excluding hydrogens is 166 g/mol. The zero-order valence-corrected chi connectivity index (χ0v) is 8.77. The number of carbonyl (C=O) groups is 1. The van der Waals surface area contributed by atoms with E-state index in [9.17, 15) is 4.79 Å². The smallest absolute Gasteiger partial charge is 0.407 e. The maximum absolute atomic E-state index is 10.9. The first-order chi connectivity index (χ1) is 6.31. The van der Waals surface area contributed by atoms with E-state index in [1.165, 1.54) is 6.42 Å². The molecule has 1 N–H and O–H groups in total. The van der Waals surface area contributed by atoms with Crippen molar-refractivity contribution in [3.63, 3.8) is 0 Å². The fraction of sp³-hybridized carbons (Fsp3) is 0.900. The number of amides is 1. The Morgan fingerprint density at radius 2 is 1.85 bits per heavy atom. The zero-order valence-electron chi connectivity index (χ0n) is 8.77. The van der Waals surface area contributed by atoms with Crippen molar-refractivity contribution in [1.82, 2.24) is 5.32 Å². The summed E-state index contributed by atoms with van der Waals surface area (Å²) in [6, 6.07) is 0. The van der Waals surface area contributed by atoms with Gasteiger partial charge in [0.15, 0.2) is 0 Å². The van der Waals surface area contributed by atoms with Gasteiger partial charge in [-0.1, -0.05) is 33.1 Å². The quantitative estimate of drug-likeness (QED) is 0.622. The number of hydrogen-bond acceptors (Lipinski definition) is 2. The van der Waals surface area contributed by atoms with E-state index in [1.54, 1.807) is 0 Å². The van der Waals surface area contributed by atoms with Crippen LogP contribution < -0.4 is 5.32 Å². The van der Waals surface area contributed by atoms with Crippen molar-refractivity contribution in [1.29, 1.82) is 0 Å². The van der Waals surface area contributed by atoms with Crippen LogP contribution in [0.3, 0.4) is 0 Å². The van der Waals surface area contributed by atoms with Crippen molar-refractivity contribution >= 4 is 6.09 Å². The SMILES string of the molecule is CCCCCNC(=O)OCCCC. The third-order valence-corrected chi connectivity index (χ3v) is 1.78. The minimum Gasteiger partial charge on any atom is -0.450 e. The molecule has 0 unspecified atom stereocenters. The van der Waals surface area contributed by atoms with Crippen molar-refractivity contribution < 1.29 is 9.53 Å². The highest BCUT2D eigenvalue weighted by molar-refractivity contribution is 5.66. The Morgan fingerprint density at radius 1 is 1.15 bits per heavy atom. The monoisotopic (exact) mass is 187 g/mol. The van der Waals surface area contributed by atoms with Crippen LogP contribution in [0.1, 0.15) is 46.0 Å². The summed E-state index contributed by atoms with van der Waals surface area (Å²) in [4.78, 5) is 10.9. The van der Waals surface area contributed by atoms with E-state index in [-0.39, 0.29) is 6.09 Å². The minimum atomic E-state index is -0.274.